The monoisotopic (exact) mass is 249 g/mol. The summed E-state index contributed by atoms with van der Waals surface area (Å²) < 4.78 is 14.0. The summed E-state index contributed by atoms with van der Waals surface area (Å²) >= 11 is 1.62. The first-order valence-corrected chi connectivity index (χ1v) is 6.39. The zero-order valence-corrected chi connectivity index (χ0v) is 11.1. The Morgan fingerprint density at radius 2 is 1.88 bits per heavy atom. The molecule has 1 heterocycles. The van der Waals surface area contributed by atoms with E-state index in [4.69, 9.17) is 5.73 Å². The first-order valence-electron chi connectivity index (χ1n) is 5.57. The molecule has 0 fully saturated rings. The number of aryl methyl sites for hydroxylation is 3. The molecule has 2 N–H and O–H groups in total. The van der Waals surface area contributed by atoms with Gasteiger partial charge in [0.05, 0.1) is 6.04 Å². The molecule has 0 saturated carbocycles. The molecule has 17 heavy (non-hydrogen) atoms. The fourth-order valence-electron chi connectivity index (χ4n) is 2.08. The summed E-state index contributed by atoms with van der Waals surface area (Å²) in [6.07, 6.45) is 0. The summed E-state index contributed by atoms with van der Waals surface area (Å²) in [5, 5.41) is 0. The number of rotatable bonds is 2. The van der Waals surface area contributed by atoms with Crippen LogP contribution in [-0.2, 0) is 0 Å². The lowest BCUT2D eigenvalue weighted by molar-refractivity contribution is 0.597. The third kappa shape index (κ3) is 2.40. The normalized spacial score (nSPS) is 12.8. The van der Waals surface area contributed by atoms with Crippen molar-refractivity contribution in [3.05, 3.63) is 56.5 Å². The van der Waals surface area contributed by atoms with Crippen LogP contribution in [0.15, 0.2) is 24.3 Å². The van der Waals surface area contributed by atoms with Crippen LogP contribution >= 0.6 is 11.3 Å². The van der Waals surface area contributed by atoms with Crippen LogP contribution in [0.5, 0.6) is 0 Å². The van der Waals surface area contributed by atoms with E-state index in [1.807, 2.05) is 39.0 Å². The zero-order valence-electron chi connectivity index (χ0n) is 10.3. The Hall–Kier alpha value is -1.19. The van der Waals surface area contributed by atoms with E-state index in [0.717, 1.165) is 16.0 Å². The molecule has 1 unspecified atom stereocenters. The molecule has 0 amide bonds. The van der Waals surface area contributed by atoms with Crippen LogP contribution in [0, 0.1) is 26.6 Å². The summed E-state index contributed by atoms with van der Waals surface area (Å²) in [7, 11) is 0. The molecule has 0 aliphatic rings. The van der Waals surface area contributed by atoms with Gasteiger partial charge in [0.2, 0.25) is 0 Å². The van der Waals surface area contributed by atoms with Gasteiger partial charge in [-0.2, -0.15) is 0 Å². The van der Waals surface area contributed by atoms with Crippen molar-refractivity contribution in [2.75, 3.05) is 0 Å². The molecule has 1 atom stereocenters. The Morgan fingerprint density at radius 3 is 2.41 bits per heavy atom. The Kier molecular flexibility index (Phi) is 3.31. The summed E-state index contributed by atoms with van der Waals surface area (Å²) in [5.41, 5.74) is 8.61. The smallest absolute Gasteiger partial charge is 0.128 e. The van der Waals surface area contributed by atoms with Crippen molar-refractivity contribution in [3.8, 4) is 0 Å². The van der Waals surface area contributed by atoms with Crippen molar-refractivity contribution >= 4 is 11.3 Å². The first kappa shape index (κ1) is 12.3. The molecule has 0 spiro atoms. The molecule has 2 rings (SSSR count). The second kappa shape index (κ2) is 4.59. The Morgan fingerprint density at radius 1 is 1.18 bits per heavy atom. The quantitative estimate of drug-likeness (QED) is 0.859. The first-order chi connectivity index (χ1) is 7.99. The van der Waals surface area contributed by atoms with Crippen molar-refractivity contribution in [1.29, 1.82) is 0 Å². The zero-order chi connectivity index (χ0) is 12.6. The molecule has 90 valence electrons. The highest BCUT2D eigenvalue weighted by atomic mass is 32.1. The number of hydrogen-bond acceptors (Lipinski definition) is 2. The predicted octanol–water partition coefficient (Wildman–Crippen LogP) is 3.86. The van der Waals surface area contributed by atoms with E-state index < -0.39 is 0 Å². The van der Waals surface area contributed by atoms with Crippen molar-refractivity contribution in [1.82, 2.24) is 0 Å². The van der Waals surface area contributed by atoms with Gasteiger partial charge in [-0.1, -0.05) is 6.07 Å². The second-order valence-electron chi connectivity index (χ2n) is 4.40. The summed E-state index contributed by atoms with van der Waals surface area (Å²) in [6.45, 7) is 5.83. The fraction of sp³-hybridized carbons (Fsp3) is 0.286. The number of hydrogen-bond donors (Lipinski definition) is 1. The molecule has 1 aromatic heterocycles. The van der Waals surface area contributed by atoms with E-state index in [1.165, 1.54) is 4.88 Å². The van der Waals surface area contributed by atoms with E-state index in [0.29, 0.717) is 5.56 Å². The number of nitrogens with two attached hydrogens (primary N) is 1. The van der Waals surface area contributed by atoms with Crippen LogP contribution in [0.25, 0.3) is 0 Å². The maximum absolute atomic E-state index is 14.0. The topological polar surface area (TPSA) is 26.0 Å². The van der Waals surface area contributed by atoms with Gasteiger partial charge >= 0.3 is 0 Å². The van der Waals surface area contributed by atoms with Gasteiger partial charge in [-0.05, 0) is 50.1 Å². The van der Waals surface area contributed by atoms with Gasteiger partial charge in [-0.15, -0.1) is 11.3 Å². The van der Waals surface area contributed by atoms with Gasteiger partial charge < -0.3 is 5.73 Å². The molecule has 0 aliphatic heterocycles. The summed E-state index contributed by atoms with van der Waals surface area (Å²) in [4.78, 5) is 2.20. The minimum absolute atomic E-state index is 0.207. The number of benzene rings is 1. The van der Waals surface area contributed by atoms with Crippen molar-refractivity contribution < 1.29 is 4.39 Å². The molecule has 0 radical (unpaired) electrons. The number of thiophene rings is 1. The molecular formula is C14H16FNS. The van der Waals surface area contributed by atoms with E-state index in [9.17, 15) is 4.39 Å². The summed E-state index contributed by atoms with van der Waals surface area (Å²) in [5.74, 6) is -0.207. The Bertz CT molecular complexity index is 522. The van der Waals surface area contributed by atoms with E-state index >= 15 is 0 Å². The molecule has 1 nitrogen and oxygen atoms in total. The van der Waals surface area contributed by atoms with Crippen LogP contribution in [0.2, 0.25) is 0 Å². The third-order valence-corrected chi connectivity index (χ3v) is 3.94. The minimum Gasteiger partial charge on any atom is -0.320 e. The molecular weight excluding hydrogens is 233 g/mol. The van der Waals surface area contributed by atoms with Crippen LogP contribution in [-0.4, -0.2) is 0 Å². The van der Waals surface area contributed by atoms with E-state index in [2.05, 4.69) is 0 Å². The Balaban J connectivity index is 2.47. The van der Waals surface area contributed by atoms with Crippen LogP contribution < -0.4 is 5.73 Å². The van der Waals surface area contributed by atoms with Crippen LogP contribution in [0.3, 0.4) is 0 Å². The average molecular weight is 249 g/mol. The number of halogens is 1. The molecule has 0 saturated heterocycles. The maximum atomic E-state index is 14.0. The largest absolute Gasteiger partial charge is 0.320 e. The van der Waals surface area contributed by atoms with Gasteiger partial charge in [0.25, 0.3) is 0 Å². The Labute approximate surface area is 105 Å². The second-order valence-corrected chi connectivity index (χ2v) is 5.72. The van der Waals surface area contributed by atoms with Crippen molar-refractivity contribution in [2.24, 2.45) is 5.73 Å². The highest BCUT2D eigenvalue weighted by Crippen LogP contribution is 2.30. The summed E-state index contributed by atoms with van der Waals surface area (Å²) in [6, 6.07) is 7.14. The SMILES string of the molecule is Cc1cc(C)c(C(N)c2ccc(C)s2)c(F)c1. The van der Waals surface area contributed by atoms with Gasteiger partial charge in [0, 0.05) is 15.3 Å². The standard InChI is InChI=1S/C14H16FNS/c1-8-6-9(2)13(11(15)7-8)14(16)12-5-4-10(3)17-12/h4-7,14H,16H2,1-3H3. The van der Waals surface area contributed by atoms with Gasteiger partial charge in [0.15, 0.2) is 0 Å². The minimum atomic E-state index is -0.366. The van der Waals surface area contributed by atoms with Gasteiger partial charge in [-0.25, -0.2) is 4.39 Å². The average Bonchev–Trinajstić information content (AvgIpc) is 2.63. The van der Waals surface area contributed by atoms with Crippen LogP contribution in [0.1, 0.15) is 32.5 Å². The lowest BCUT2D eigenvalue weighted by Crippen LogP contribution is -2.14. The van der Waals surface area contributed by atoms with E-state index in [-0.39, 0.29) is 11.9 Å². The lowest BCUT2D eigenvalue weighted by Gasteiger charge is -2.15. The molecule has 2 aromatic rings. The van der Waals surface area contributed by atoms with Crippen LogP contribution in [0.4, 0.5) is 4.39 Å². The fourth-order valence-corrected chi connectivity index (χ4v) is 2.97. The lowest BCUT2D eigenvalue weighted by atomic mass is 9.98. The van der Waals surface area contributed by atoms with Gasteiger partial charge in [-0.3, -0.25) is 0 Å². The molecule has 0 bridgehead atoms. The van der Waals surface area contributed by atoms with E-state index in [1.54, 1.807) is 17.4 Å². The predicted molar refractivity (Wildman–Crippen MR) is 71.0 cm³/mol. The molecule has 1 aromatic carbocycles. The molecule has 0 aliphatic carbocycles. The van der Waals surface area contributed by atoms with Crippen molar-refractivity contribution in [3.63, 3.8) is 0 Å². The molecule has 3 heteroatoms. The van der Waals surface area contributed by atoms with Gasteiger partial charge in [0.1, 0.15) is 5.82 Å². The maximum Gasteiger partial charge on any atom is 0.128 e. The third-order valence-electron chi connectivity index (χ3n) is 2.86. The highest BCUT2D eigenvalue weighted by molar-refractivity contribution is 7.12. The van der Waals surface area contributed by atoms with Crippen molar-refractivity contribution in [2.45, 2.75) is 26.8 Å². The highest BCUT2D eigenvalue weighted by Gasteiger charge is 2.17.